The summed E-state index contributed by atoms with van der Waals surface area (Å²) in [4.78, 5) is 14.2. The van der Waals surface area contributed by atoms with Crippen molar-refractivity contribution in [2.24, 2.45) is 5.41 Å². The zero-order valence-corrected chi connectivity index (χ0v) is 12.0. The first-order valence-electron chi connectivity index (χ1n) is 7.69. The van der Waals surface area contributed by atoms with E-state index in [0.29, 0.717) is 11.3 Å². The number of nitrogens with one attached hydrogen (secondary N) is 1. The van der Waals surface area contributed by atoms with Gasteiger partial charge in [0.05, 0.1) is 6.04 Å². The number of carbonyl (C=O) groups excluding carboxylic acids is 1. The molecule has 1 heterocycles. The predicted molar refractivity (Wildman–Crippen MR) is 74.5 cm³/mol. The van der Waals surface area contributed by atoms with Crippen LogP contribution < -0.4 is 5.32 Å². The molecule has 1 unspecified atom stereocenters. The molecule has 0 spiro atoms. The molecule has 0 aromatic carbocycles. The first-order valence-corrected chi connectivity index (χ1v) is 7.69. The van der Waals surface area contributed by atoms with Crippen LogP contribution in [0.3, 0.4) is 0 Å². The van der Waals surface area contributed by atoms with Gasteiger partial charge in [-0.1, -0.05) is 19.8 Å². The highest BCUT2D eigenvalue weighted by molar-refractivity contribution is 5.81. The molecule has 1 aliphatic heterocycles. The summed E-state index contributed by atoms with van der Waals surface area (Å²) in [6.45, 7) is 7.26. The van der Waals surface area contributed by atoms with Gasteiger partial charge in [-0.05, 0) is 44.4 Å². The van der Waals surface area contributed by atoms with Crippen molar-refractivity contribution < 1.29 is 4.79 Å². The molecule has 0 aromatic rings. The van der Waals surface area contributed by atoms with Crippen LogP contribution in [0.4, 0.5) is 0 Å². The lowest BCUT2D eigenvalue weighted by Crippen LogP contribution is -2.46. The summed E-state index contributed by atoms with van der Waals surface area (Å²) >= 11 is 0. The number of rotatable bonds is 5. The van der Waals surface area contributed by atoms with E-state index in [0.717, 1.165) is 19.6 Å². The number of amides is 1. The van der Waals surface area contributed by atoms with Gasteiger partial charge in [0, 0.05) is 19.6 Å². The summed E-state index contributed by atoms with van der Waals surface area (Å²) < 4.78 is 0. The molecule has 1 aliphatic carbocycles. The highest BCUT2D eigenvalue weighted by atomic mass is 16.2. The molecule has 0 aromatic heterocycles. The van der Waals surface area contributed by atoms with Crippen LogP contribution >= 0.6 is 0 Å². The number of nitrogens with zero attached hydrogens (tertiary/aromatic N) is 1. The van der Waals surface area contributed by atoms with Crippen LogP contribution in [-0.2, 0) is 4.79 Å². The van der Waals surface area contributed by atoms with Gasteiger partial charge >= 0.3 is 0 Å². The van der Waals surface area contributed by atoms with Crippen molar-refractivity contribution in [3.63, 3.8) is 0 Å². The lowest BCUT2D eigenvalue weighted by molar-refractivity contribution is -0.132. The summed E-state index contributed by atoms with van der Waals surface area (Å²) in [5.74, 6) is 0.303. The number of carbonyl (C=O) groups is 1. The smallest absolute Gasteiger partial charge is 0.239 e. The summed E-state index contributed by atoms with van der Waals surface area (Å²) in [6.07, 6.45) is 9.00. The molecular weight excluding hydrogens is 224 g/mol. The molecule has 1 amide bonds. The molecule has 0 radical (unpaired) electrons. The third-order valence-electron chi connectivity index (χ3n) is 4.99. The monoisotopic (exact) mass is 252 g/mol. The Balaban J connectivity index is 1.79. The summed E-state index contributed by atoms with van der Waals surface area (Å²) in [5, 5.41) is 3.50. The van der Waals surface area contributed by atoms with Crippen molar-refractivity contribution in [1.82, 2.24) is 10.2 Å². The van der Waals surface area contributed by atoms with Crippen molar-refractivity contribution in [3.05, 3.63) is 0 Å². The van der Waals surface area contributed by atoms with Gasteiger partial charge in [-0.2, -0.15) is 0 Å². The van der Waals surface area contributed by atoms with Gasteiger partial charge in [-0.3, -0.25) is 4.79 Å². The molecule has 1 N–H and O–H groups in total. The molecule has 0 bridgehead atoms. The van der Waals surface area contributed by atoms with E-state index in [1.54, 1.807) is 0 Å². The maximum atomic E-state index is 12.2. The second-order valence-corrected chi connectivity index (χ2v) is 6.20. The van der Waals surface area contributed by atoms with Crippen LogP contribution in [0, 0.1) is 5.41 Å². The zero-order valence-electron chi connectivity index (χ0n) is 12.0. The van der Waals surface area contributed by atoms with E-state index < -0.39 is 0 Å². The third kappa shape index (κ3) is 3.05. The van der Waals surface area contributed by atoms with E-state index >= 15 is 0 Å². The first kappa shape index (κ1) is 13.9. The van der Waals surface area contributed by atoms with E-state index in [1.165, 1.54) is 44.9 Å². The number of hydrogen-bond acceptors (Lipinski definition) is 2. The standard InChI is InChI=1S/C15H28N2O/c1-3-15(8-4-5-9-15)12-16-13(2)14(18)17-10-6-7-11-17/h13,16H,3-12H2,1-2H3. The summed E-state index contributed by atoms with van der Waals surface area (Å²) in [6, 6.07) is -0.00729. The van der Waals surface area contributed by atoms with Crippen LogP contribution in [0.1, 0.15) is 58.8 Å². The fourth-order valence-corrected chi connectivity index (χ4v) is 3.45. The van der Waals surface area contributed by atoms with Crippen molar-refractivity contribution in [3.8, 4) is 0 Å². The van der Waals surface area contributed by atoms with Gasteiger partial charge in [0.2, 0.25) is 5.91 Å². The van der Waals surface area contributed by atoms with Crippen molar-refractivity contribution in [1.29, 1.82) is 0 Å². The lowest BCUT2D eigenvalue weighted by Gasteiger charge is -2.30. The van der Waals surface area contributed by atoms with Crippen LogP contribution in [-0.4, -0.2) is 36.5 Å². The van der Waals surface area contributed by atoms with Crippen molar-refractivity contribution >= 4 is 5.91 Å². The maximum absolute atomic E-state index is 12.2. The Morgan fingerprint density at radius 2 is 1.83 bits per heavy atom. The van der Waals surface area contributed by atoms with E-state index in [-0.39, 0.29) is 6.04 Å². The quantitative estimate of drug-likeness (QED) is 0.815. The van der Waals surface area contributed by atoms with Crippen LogP contribution in [0.2, 0.25) is 0 Å². The van der Waals surface area contributed by atoms with Crippen LogP contribution in [0.25, 0.3) is 0 Å². The van der Waals surface area contributed by atoms with E-state index in [4.69, 9.17) is 0 Å². The maximum Gasteiger partial charge on any atom is 0.239 e. The summed E-state index contributed by atoms with van der Waals surface area (Å²) in [5.41, 5.74) is 0.472. The highest BCUT2D eigenvalue weighted by Crippen LogP contribution is 2.40. The number of hydrogen-bond donors (Lipinski definition) is 1. The normalized spacial score (nSPS) is 24.4. The molecule has 3 heteroatoms. The molecule has 1 saturated heterocycles. The second-order valence-electron chi connectivity index (χ2n) is 6.20. The van der Waals surface area contributed by atoms with E-state index in [2.05, 4.69) is 12.2 Å². The SMILES string of the molecule is CCC1(CNC(C)C(=O)N2CCCC2)CCCC1. The van der Waals surface area contributed by atoms with Crippen molar-refractivity contribution in [2.45, 2.75) is 64.8 Å². The predicted octanol–water partition coefficient (Wildman–Crippen LogP) is 2.56. The minimum atomic E-state index is -0.00729. The minimum Gasteiger partial charge on any atom is -0.341 e. The molecule has 1 atom stereocenters. The first-order chi connectivity index (χ1) is 8.67. The van der Waals surface area contributed by atoms with E-state index in [9.17, 15) is 4.79 Å². The highest BCUT2D eigenvalue weighted by Gasteiger charge is 2.33. The zero-order chi connectivity index (χ0) is 13.0. The lowest BCUT2D eigenvalue weighted by atomic mass is 9.83. The molecule has 1 saturated carbocycles. The van der Waals surface area contributed by atoms with Crippen LogP contribution in [0.15, 0.2) is 0 Å². The Bertz CT molecular complexity index is 278. The molecular formula is C15H28N2O. The van der Waals surface area contributed by atoms with Gasteiger partial charge in [0.1, 0.15) is 0 Å². The third-order valence-corrected chi connectivity index (χ3v) is 4.99. The van der Waals surface area contributed by atoms with Gasteiger partial charge in [-0.15, -0.1) is 0 Å². The summed E-state index contributed by atoms with van der Waals surface area (Å²) in [7, 11) is 0. The Labute approximate surface area is 111 Å². The molecule has 104 valence electrons. The Kier molecular flexibility index (Phi) is 4.66. The largest absolute Gasteiger partial charge is 0.341 e. The van der Waals surface area contributed by atoms with Gasteiger partial charge in [0.25, 0.3) is 0 Å². The number of likely N-dealkylation sites (tertiary alicyclic amines) is 1. The van der Waals surface area contributed by atoms with Gasteiger partial charge in [0.15, 0.2) is 0 Å². The van der Waals surface area contributed by atoms with Gasteiger partial charge < -0.3 is 10.2 Å². The molecule has 2 fully saturated rings. The second kappa shape index (κ2) is 6.05. The van der Waals surface area contributed by atoms with Crippen molar-refractivity contribution in [2.75, 3.05) is 19.6 Å². The van der Waals surface area contributed by atoms with Crippen LogP contribution in [0.5, 0.6) is 0 Å². The van der Waals surface area contributed by atoms with E-state index in [1.807, 2.05) is 11.8 Å². The Hall–Kier alpha value is -0.570. The fraction of sp³-hybridized carbons (Fsp3) is 0.933. The fourth-order valence-electron chi connectivity index (χ4n) is 3.45. The molecule has 2 rings (SSSR count). The minimum absolute atomic E-state index is 0.00729. The average molecular weight is 252 g/mol. The molecule has 2 aliphatic rings. The average Bonchev–Trinajstić information content (AvgIpc) is 3.06. The molecule has 3 nitrogen and oxygen atoms in total. The van der Waals surface area contributed by atoms with Gasteiger partial charge in [-0.25, -0.2) is 0 Å². The topological polar surface area (TPSA) is 32.3 Å². The molecule has 18 heavy (non-hydrogen) atoms. The Morgan fingerprint density at radius 3 is 2.39 bits per heavy atom. The Morgan fingerprint density at radius 1 is 1.22 bits per heavy atom.